The zero-order valence-electron chi connectivity index (χ0n) is 12.6. The summed E-state index contributed by atoms with van der Waals surface area (Å²) in [4.78, 5) is 12.4. The Morgan fingerprint density at radius 2 is 1.86 bits per heavy atom. The number of hydrogen-bond donors (Lipinski definition) is 1. The van der Waals surface area contributed by atoms with E-state index in [1.165, 1.54) is 6.07 Å². The second kappa shape index (κ2) is 6.08. The minimum absolute atomic E-state index is 0.0885. The minimum Gasteiger partial charge on any atom is -0.343 e. The van der Waals surface area contributed by atoms with Gasteiger partial charge in [0.25, 0.3) is 5.91 Å². The van der Waals surface area contributed by atoms with Crippen LogP contribution in [0, 0.1) is 12.7 Å². The molecule has 0 saturated heterocycles. The molecule has 0 radical (unpaired) electrons. The molecule has 21 heavy (non-hydrogen) atoms. The maximum Gasteiger partial charge on any atom is 0.254 e. The van der Waals surface area contributed by atoms with Crippen LogP contribution in [-0.2, 0) is 5.54 Å². The summed E-state index contributed by atoms with van der Waals surface area (Å²) in [6, 6.07) is 14.3. The standard InChI is InChI=1S/C18H20FNO/c1-4-18(3,14-8-6-5-7-9-14)20-17(21)15-12-13(2)10-11-16(15)19/h5-12H,4H2,1-3H3,(H,20,21). The Balaban J connectivity index is 2.30. The van der Waals surface area contributed by atoms with Crippen LogP contribution in [0.2, 0.25) is 0 Å². The van der Waals surface area contributed by atoms with Gasteiger partial charge in [0, 0.05) is 0 Å². The van der Waals surface area contributed by atoms with Crippen molar-refractivity contribution in [3.05, 3.63) is 71.0 Å². The zero-order valence-corrected chi connectivity index (χ0v) is 12.6. The molecule has 0 aliphatic carbocycles. The average molecular weight is 285 g/mol. The third-order valence-corrected chi connectivity index (χ3v) is 3.87. The van der Waals surface area contributed by atoms with E-state index in [0.29, 0.717) is 0 Å². The Labute approximate surface area is 125 Å². The number of rotatable bonds is 4. The first kappa shape index (κ1) is 15.2. The lowest BCUT2D eigenvalue weighted by molar-refractivity contribution is 0.0898. The van der Waals surface area contributed by atoms with Crippen molar-refractivity contribution in [1.82, 2.24) is 5.32 Å². The Morgan fingerprint density at radius 1 is 1.19 bits per heavy atom. The molecule has 0 aromatic heterocycles. The Morgan fingerprint density at radius 3 is 2.48 bits per heavy atom. The molecule has 0 aliphatic rings. The fourth-order valence-corrected chi connectivity index (χ4v) is 2.30. The minimum atomic E-state index is -0.519. The van der Waals surface area contributed by atoms with Crippen molar-refractivity contribution >= 4 is 5.91 Å². The van der Waals surface area contributed by atoms with E-state index in [4.69, 9.17) is 0 Å². The molecule has 0 saturated carbocycles. The lowest BCUT2D eigenvalue weighted by Crippen LogP contribution is -2.43. The number of hydrogen-bond acceptors (Lipinski definition) is 1. The average Bonchev–Trinajstić information content (AvgIpc) is 2.50. The molecule has 0 spiro atoms. The molecule has 2 aromatic rings. The fraction of sp³-hybridized carbons (Fsp3) is 0.278. The molecular formula is C18H20FNO. The predicted octanol–water partition coefficient (Wildman–Crippen LogP) is 4.19. The van der Waals surface area contributed by atoms with Crippen LogP contribution in [0.4, 0.5) is 4.39 Å². The summed E-state index contributed by atoms with van der Waals surface area (Å²) in [5, 5.41) is 2.96. The van der Waals surface area contributed by atoms with Gasteiger partial charge >= 0.3 is 0 Å². The molecule has 2 aromatic carbocycles. The Bertz CT molecular complexity index is 639. The van der Waals surface area contributed by atoms with E-state index in [-0.39, 0.29) is 11.5 Å². The highest BCUT2D eigenvalue weighted by Gasteiger charge is 2.27. The van der Waals surface area contributed by atoms with Gasteiger partial charge in [-0.05, 0) is 38.0 Å². The van der Waals surface area contributed by atoms with Crippen LogP contribution in [0.25, 0.3) is 0 Å². The quantitative estimate of drug-likeness (QED) is 0.896. The number of aryl methyl sites for hydroxylation is 1. The van der Waals surface area contributed by atoms with E-state index in [0.717, 1.165) is 17.5 Å². The SMILES string of the molecule is CCC(C)(NC(=O)c1cc(C)ccc1F)c1ccccc1. The zero-order chi connectivity index (χ0) is 15.5. The van der Waals surface area contributed by atoms with E-state index < -0.39 is 11.4 Å². The summed E-state index contributed by atoms with van der Waals surface area (Å²) in [7, 11) is 0. The van der Waals surface area contributed by atoms with Gasteiger partial charge in [-0.25, -0.2) is 4.39 Å². The number of nitrogens with one attached hydrogen (secondary N) is 1. The summed E-state index contributed by atoms with van der Waals surface area (Å²) in [6.07, 6.45) is 0.718. The molecule has 0 bridgehead atoms. The summed E-state index contributed by atoms with van der Waals surface area (Å²) >= 11 is 0. The number of carbonyl (C=O) groups excluding carboxylic acids is 1. The van der Waals surface area contributed by atoms with Gasteiger partial charge in [-0.2, -0.15) is 0 Å². The molecule has 3 heteroatoms. The molecule has 2 nitrogen and oxygen atoms in total. The smallest absolute Gasteiger partial charge is 0.254 e. The van der Waals surface area contributed by atoms with Crippen molar-refractivity contribution < 1.29 is 9.18 Å². The van der Waals surface area contributed by atoms with Gasteiger partial charge in [-0.1, -0.05) is 48.9 Å². The third-order valence-electron chi connectivity index (χ3n) is 3.87. The summed E-state index contributed by atoms with van der Waals surface area (Å²) in [6.45, 7) is 5.79. The first-order valence-electron chi connectivity index (χ1n) is 7.10. The monoisotopic (exact) mass is 285 g/mol. The van der Waals surface area contributed by atoms with Crippen LogP contribution in [0.1, 0.15) is 41.8 Å². The summed E-state index contributed by atoms with van der Waals surface area (Å²) < 4.78 is 13.8. The van der Waals surface area contributed by atoms with Crippen molar-refractivity contribution in [2.24, 2.45) is 0 Å². The number of halogens is 1. The van der Waals surface area contributed by atoms with Crippen molar-refractivity contribution in [2.45, 2.75) is 32.7 Å². The van der Waals surface area contributed by atoms with Crippen molar-refractivity contribution in [3.8, 4) is 0 Å². The molecule has 0 fully saturated rings. The Hall–Kier alpha value is -2.16. The van der Waals surface area contributed by atoms with Crippen molar-refractivity contribution in [3.63, 3.8) is 0 Å². The van der Waals surface area contributed by atoms with Crippen LogP contribution in [0.15, 0.2) is 48.5 Å². The maximum atomic E-state index is 13.8. The number of amides is 1. The van der Waals surface area contributed by atoms with E-state index in [9.17, 15) is 9.18 Å². The lowest BCUT2D eigenvalue weighted by Gasteiger charge is -2.30. The van der Waals surface area contributed by atoms with Crippen LogP contribution < -0.4 is 5.32 Å². The normalized spacial score (nSPS) is 13.5. The molecule has 0 aliphatic heterocycles. The van der Waals surface area contributed by atoms with Gasteiger partial charge < -0.3 is 5.32 Å². The van der Waals surface area contributed by atoms with Gasteiger partial charge in [0.2, 0.25) is 0 Å². The predicted molar refractivity (Wildman–Crippen MR) is 82.7 cm³/mol. The molecule has 1 amide bonds. The van der Waals surface area contributed by atoms with Gasteiger partial charge in [0.15, 0.2) is 0 Å². The van der Waals surface area contributed by atoms with Gasteiger partial charge in [-0.15, -0.1) is 0 Å². The topological polar surface area (TPSA) is 29.1 Å². The van der Waals surface area contributed by atoms with Crippen molar-refractivity contribution in [1.29, 1.82) is 0 Å². The molecule has 2 rings (SSSR count). The molecule has 1 unspecified atom stereocenters. The van der Waals surface area contributed by atoms with Crippen LogP contribution in [0.3, 0.4) is 0 Å². The third kappa shape index (κ3) is 3.30. The molecule has 110 valence electrons. The van der Waals surface area contributed by atoms with Gasteiger partial charge in [0.05, 0.1) is 11.1 Å². The molecule has 1 N–H and O–H groups in total. The second-order valence-corrected chi connectivity index (χ2v) is 5.49. The number of carbonyl (C=O) groups is 1. The second-order valence-electron chi connectivity index (χ2n) is 5.49. The Kier molecular flexibility index (Phi) is 4.41. The van der Waals surface area contributed by atoms with Crippen molar-refractivity contribution in [2.75, 3.05) is 0 Å². The van der Waals surface area contributed by atoms with E-state index >= 15 is 0 Å². The van der Waals surface area contributed by atoms with Gasteiger partial charge in [0.1, 0.15) is 5.82 Å². The largest absolute Gasteiger partial charge is 0.343 e. The highest BCUT2D eigenvalue weighted by Crippen LogP contribution is 2.25. The lowest BCUT2D eigenvalue weighted by atomic mass is 9.89. The fourth-order valence-electron chi connectivity index (χ4n) is 2.30. The maximum absolute atomic E-state index is 13.8. The van der Waals surface area contributed by atoms with Crippen LogP contribution in [-0.4, -0.2) is 5.91 Å². The van der Waals surface area contributed by atoms with E-state index in [1.807, 2.05) is 51.1 Å². The first-order chi connectivity index (χ1) is 9.96. The molecule has 1 atom stereocenters. The molecular weight excluding hydrogens is 265 g/mol. The van der Waals surface area contributed by atoms with Gasteiger partial charge in [-0.3, -0.25) is 4.79 Å². The highest BCUT2D eigenvalue weighted by molar-refractivity contribution is 5.95. The highest BCUT2D eigenvalue weighted by atomic mass is 19.1. The van der Waals surface area contributed by atoms with E-state index in [1.54, 1.807) is 12.1 Å². The van der Waals surface area contributed by atoms with E-state index in [2.05, 4.69) is 5.32 Å². The summed E-state index contributed by atoms with van der Waals surface area (Å²) in [5.74, 6) is -0.881. The van der Waals surface area contributed by atoms with Crippen LogP contribution in [0.5, 0.6) is 0 Å². The van der Waals surface area contributed by atoms with Crippen LogP contribution >= 0.6 is 0 Å². The summed E-state index contributed by atoms with van der Waals surface area (Å²) in [5.41, 5.74) is 1.44. The first-order valence-corrected chi connectivity index (χ1v) is 7.10. The molecule has 0 heterocycles. The number of benzene rings is 2.